The zero-order valence-corrected chi connectivity index (χ0v) is 14.9. The fraction of sp³-hybridized carbons (Fsp3) is 0.0952. The van der Waals surface area contributed by atoms with Crippen molar-refractivity contribution >= 4 is 5.91 Å². The molecule has 3 heterocycles. The van der Waals surface area contributed by atoms with Crippen LogP contribution in [0.5, 0.6) is 0 Å². The Balaban J connectivity index is 1.68. The van der Waals surface area contributed by atoms with Crippen molar-refractivity contribution in [3.05, 3.63) is 90.5 Å². The molecule has 0 saturated carbocycles. The molecule has 0 aliphatic heterocycles. The molecule has 0 fully saturated rings. The molecule has 1 N–H and O–H groups in total. The molecule has 3 aromatic heterocycles. The van der Waals surface area contributed by atoms with Gasteiger partial charge < -0.3 is 9.88 Å². The number of rotatable bonds is 5. The number of hydrogen-bond donors (Lipinski definition) is 1. The first-order chi connectivity index (χ1) is 13.2. The number of aryl methyl sites for hydroxylation is 1. The van der Waals surface area contributed by atoms with Crippen molar-refractivity contribution < 1.29 is 4.79 Å². The number of nitrogens with zero attached hydrogens (tertiary/aromatic N) is 4. The number of amides is 1. The van der Waals surface area contributed by atoms with Gasteiger partial charge in [0, 0.05) is 32.2 Å². The molecule has 1 aromatic carbocycles. The number of carbonyl (C=O) groups is 1. The molecule has 0 atom stereocenters. The maximum atomic E-state index is 12.9. The van der Waals surface area contributed by atoms with Crippen LogP contribution in [-0.2, 0) is 13.6 Å². The van der Waals surface area contributed by atoms with Crippen molar-refractivity contribution in [2.24, 2.45) is 7.05 Å². The summed E-state index contributed by atoms with van der Waals surface area (Å²) < 4.78 is 3.67. The third-order valence-corrected chi connectivity index (χ3v) is 4.35. The quantitative estimate of drug-likeness (QED) is 0.596. The van der Waals surface area contributed by atoms with E-state index in [-0.39, 0.29) is 5.91 Å². The fourth-order valence-corrected chi connectivity index (χ4v) is 2.93. The number of benzene rings is 1. The second-order valence-electron chi connectivity index (χ2n) is 6.20. The van der Waals surface area contributed by atoms with Crippen LogP contribution in [0.25, 0.3) is 17.1 Å². The molecule has 0 aliphatic rings. The van der Waals surface area contributed by atoms with E-state index in [9.17, 15) is 4.79 Å². The number of nitrogens with one attached hydrogen (secondary N) is 1. The van der Waals surface area contributed by atoms with Gasteiger partial charge in [-0.1, -0.05) is 18.2 Å². The van der Waals surface area contributed by atoms with E-state index in [1.807, 2.05) is 78.5 Å². The molecule has 0 spiro atoms. The summed E-state index contributed by atoms with van der Waals surface area (Å²) in [6, 6.07) is 19.2. The molecule has 6 nitrogen and oxygen atoms in total. The topological polar surface area (TPSA) is 64.7 Å². The van der Waals surface area contributed by atoms with Gasteiger partial charge in [-0.25, -0.2) is 4.68 Å². The average molecular weight is 357 g/mol. The van der Waals surface area contributed by atoms with Gasteiger partial charge in [0.2, 0.25) is 0 Å². The molecule has 0 saturated heterocycles. The maximum Gasteiger partial charge on any atom is 0.270 e. The van der Waals surface area contributed by atoms with Crippen LogP contribution in [0, 0.1) is 0 Å². The van der Waals surface area contributed by atoms with Crippen molar-refractivity contribution in [3.63, 3.8) is 0 Å². The first-order valence-corrected chi connectivity index (χ1v) is 8.66. The van der Waals surface area contributed by atoms with Crippen LogP contribution in [0.1, 0.15) is 16.1 Å². The SMILES string of the molecule is Cn1cccc1-c1cc(C(=O)NCc2ccncc2)n(-c2ccccc2)n1. The normalized spacial score (nSPS) is 10.7. The van der Waals surface area contributed by atoms with E-state index in [2.05, 4.69) is 15.4 Å². The van der Waals surface area contributed by atoms with E-state index < -0.39 is 0 Å². The van der Waals surface area contributed by atoms with Crippen LogP contribution in [0.15, 0.2) is 79.3 Å². The summed E-state index contributed by atoms with van der Waals surface area (Å²) in [6.45, 7) is 0.431. The molecule has 1 amide bonds. The fourth-order valence-electron chi connectivity index (χ4n) is 2.93. The van der Waals surface area contributed by atoms with E-state index in [1.165, 1.54) is 0 Å². The second kappa shape index (κ2) is 7.29. The molecular weight excluding hydrogens is 338 g/mol. The van der Waals surface area contributed by atoms with Gasteiger partial charge in [0.25, 0.3) is 5.91 Å². The molecule has 4 rings (SSSR count). The Labute approximate surface area is 157 Å². The number of pyridine rings is 1. The predicted molar refractivity (Wildman–Crippen MR) is 103 cm³/mol. The Kier molecular flexibility index (Phi) is 4.53. The third-order valence-electron chi connectivity index (χ3n) is 4.35. The average Bonchev–Trinajstić information content (AvgIpc) is 3.34. The van der Waals surface area contributed by atoms with Gasteiger partial charge in [0.05, 0.1) is 11.4 Å². The summed E-state index contributed by atoms with van der Waals surface area (Å²) in [5, 5.41) is 7.65. The lowest BCUT2D eigenvalue weighted by molar-refractivity contribution is 0.0943. The highest BCUT2D eigenvalue weighted by Gasteiger charge is 2.18. The first-order valence-electron chi connectivity index (χ1n) is 8.66. The molecule has 0 aliphatic carbocycles. The summed E-state index contributed by atoms with van der Waals surface area (Å²) in [7, 11) is 1.96. The minimum absolute atomic E-state index is 0.177. The molecule has 0 unspecified atom stereocenters. The number of para-hydroxylation sites is 1. The Morgan fingerprint density at radius 2 is 1.81 bits per heavy atom. The molecule has 0 radical (unpaired) electrons. The number of hydrogen-bond acceptors (Lipinski definition) is 3. The molecule has 6 heteroatoms. The Morgan fingerprint density at radius 1 is 1.04 bits per heavy atom. The van der Waals surface area contributed by atoms with Gasteiger partial charge in [-0.2, -0.15) is 5.10 Å². The standard InChI is InChI=1S/C21H19N5O/c1-25-13-5-8-19(25)18-14-20(26(24-18)17-6-3-2-4-7-17)21(27)23-15-16-9-11-22-12-10-16/h2-14H,15H2,1H3,(H,23,27). The van der Waals surface area contributed by atoms with Crippen LogP contribution < -0.4 is 5.32 Å². The highest BCUT2D eigenvalue weighted by molar-refractivity contribution is 5.94. The Hall–Kier alpha value is -3.67. The van der Waals surface area contributed by atoms with Crippen LogP contribution in [0.3, 0.4) is 0 Å². The molecule has 134 valence electrons. The summed E-state index contributed by atoms with van der Waals surface area (Å²) in [6.07, 6.45) is 5.38. The predicted octanol–water partition coefficient (Wildman–Crippen LogP) is 3.20. The number of aromatic nitrogens is 4. The molecular formula is C21H19N5O. The van der Waals surface area contributed by atoms with E-state index in [4.69, 9.17) is 0 Å². The monoisotopic (exact) mass is 357 g/mol. The van der Waals surface area contributed by atoms with Crippen molar-refractivity contribution in [1.82, 2.24) is 24.6 Å². The first kappa shape index (κ1) is 16.8. The van der Waals surface area contributed by atoms with Gasteiger partial charge in [0.1, 0.15) is 11.4 Å². The van der Waals surface area contributed by atoms with Gasteiger partial charge >= 0.3 is 0 Å². The minimum Gasteiger partial charge on any atom is -0.349 e. The van der Waals surface area contributed by atoms with E-state index >= 15 is 0 Å². The second-order valence-corrected chi connectivity index (χ2v) is 6.20. The highest BCUT2D eigenvalue weighted by atomic mass is 16.2. The zero-order chi connectivity index (χ0) is 18.6. The van der Waals surface area contributed by atoms with E-state index in [0.717, 1.165) is 22.6 Å². The van der Waals surface area contributed by atoms with Gasteiger partial charge in [-0.05, 0) is 48.0 Å². The maximum absolute atomic E-state index is 12.9. The smallest absolute Gasteiger partial charge is 0.270 e. The van der Waals surface area contributed by atoms with Gasteiger partial charge in [0.15, 0.2) is 0 Å². The lowest BCUT2D eigenvalue weighted by atomic mass is 10.2. The van der Waals surface area contributed by atoms with E-state index in [1.54, 1.807) is 17.1 Å². The van der Waals surface area contributed by atoms with Crippen molar-refractivity contribution in [2.45, 2.75) is 6.54 Å². The summed E-state index contributed by atoms with van der Waals surface area (Å²) in [5.74, 6) is -0.177. The van der Waals surface area contributed by atoms with Crippen LogP contribution >= 0.6 is 0 Å². The van der Waals surface area contributed by atoms with Crippen molar-refractivity contribution in [1.29, 1.82) is 0 Å². The summed E-state index contributed by atoms with van der Waals surface area (Å²) in [4.78, 5) is 16.9. The summed E-state index contributed by atoms with van der Waals surface area (Å²) >= 11 is 0. The van der Waals surface area contributed by atoms with Crippen molar-refractivity contribution in [2.75, 3.05) is 0 Å². The summed E-state index contributed by atoms with van der Waals surface area (Å²) in [5.41, 5.74) is 4.03. The largest absolute Gasteiger partial charge is 0.349 e. The van der Waals surface area contributed by atoms with Gasteiger partial charge in [-0.15, -0.1) is 0 Å². The lowest BCUT2D eigenvalue weighted by Crippen LogP contribution is -2.25. The highest BCUT2D eigenvalue weighted by Crippen LogP contribution is 2.22. The zero-order valence-electron chi connectivity index (χ0n) is 14.9. The molecule has 0 bridgehead atoms. The van der Waals surface area contributed by atoms with Crippen LogP contribution in [0.2, 0.25) is 0 Å². The molecule has 4 aromatic rings. The van der Waals surface area contributed by atoms with E-state index in [0.29, 0.717) is 12.2 Å². The Bertz CT molecular complexity index is 1050. The lowest BCUT2D eigenvalue weighted by Gasteiger charge is -2.08. The van der Waals surface area contributed by atoms with Gasteiger partial charge in [-0.3, -0.25) is 9.78 Å². The Morgan fingerprint density at radius 3 is 2.52 bits per heavy atom. The van der Waals surface area contributed by atoms with Crippen molar-refractivity contribution in [3.8, 4) is 17.1 Å². The molecule has 27 heavy (non-hydrogen) atoms. The van der Waals surface area contributed by atoms with Crippen LogP contribution in [-0.4, -0.2) is 25.2 Å². The van der Waals surface area contributed by atoms with Crippen LogP contribution in [0.4, 0.5) is 0 Å². The number of carbonyl (C=O) groups excluding carboxylic acids is 1. The minimum atomic E-state index is -0.177. The third kappa shape index (κ3) is 3.50.